The van der Waals surface area contributed by atoms with Crippen LogP contribution in [0.5, 0.6) is 0 Å². The summed E-state index contributed by atoms with van der Waals surface area (Å²) >= 11 is 0. The summed E-state index contributed by atoms with van der Waals surface area (Å²) in [6.07, 6.45) is 1.08. The van der Waals surface area contributed by atoms with E-state index in [2.05, 4.69) is 20.0 Å². The molecule has 0 unspecified atom stereocenters. The number of anilines is 1. The Morgan fingerprint density at radius 2 is 1.91 bits per heavy atom. The number of nitrogens with one attached hydrogen (secondary N) is 1. The van der Waals surface area contributed by atoms with Crippen LogP contribution in [0.1, 0.15) is 50.9 Å². The third kappa shape index (κ3) is 2.99. The summed E-state index contributed by atoms with van der Waals surface area (Å²) < 4.78 is 34.6. The Morgan fingerprint density at radius 1 is 1.23 bits per heavy atom. The Hall–Kier alpha value is -1.90. The maximum absolute atomic E-state index is 12.7. The minimum atomic E-state index is -3.82. The highest BCUT2D eigenvalue weighted by molar-refractivity contribution is 7.92. The Morgan fingerprint density at radius 3 is 2.41 bits per heavy atom. The van der Waals surface area contributed by atoms with E-state index < -0.39 is 10.0 Å². The fourth-order valence-electron chi connectivity index (χ4n) is 2.21. The van der Waals surface area contributed by atoms with Gasteiger partial charge in [-0.25, -0.2) is 13.1 Å². The van der Waals surface area contributed by atoms with E-state index >= 15 is 0 Å². The molecule has 8 nitrogen and oxygen atoms in total. The van der Waals surface area contributed by atoms with Gasteiger partial charge in [0.1, 0.15) is 4.90 Å². The Balaban J connectivity index is 2.42. The Labute approximate surface area is 130 Å². The summed E-state index contributed by atoms with van der Waals surface area (Å²) in [5, 5.41) is 11.8. The number of hydrogen-bond acceptors (Lipinski definition) is 6. The van der Waals surface area contributed by atoms with Crippen molar-refractivity contribution in [3.05, 3.63) is 17.3 Å². The highest BCUT2D eigenvalue weighted by Crippen LogP contribution is 2.24. The van der Waals surface area contributed by atoms with E-state index in [1.165, 1.54) is 0 Å². The van der Waals surface area contributed by atoms with Crippen molar-refractivity contribution in [1.29, 1.82) is 0 Å². The van der Waals surface area contributed by atoms with Gasteiger partial charge in [0.25, 0.3) is 10.0 Å². The molecule has 0 aliphatic heterocycles. The van der Waals surface area contributed by atoms with E-state index in [9.17, 15) is 8.42 Å². The van der Waals surface area contributed by atoms with Gasteiger partial charge in [0.2, 0.25) is 5.89 Å². The fraction of sp³-hybridized carbons (Fsp3) is 0.615. The maximum atomic E-state index is 12.7. The molecule has 2 aromatic heterocycles. The summed E-state index contributed by atoms with van der Waals surface area (Å²) in [6, 6.07) is -0.128. The third-order valence-corrected chi connectivity index (χ3v) is 4.73. The monoisotopic (exact) mass is 327 g/mol. The zero-order valence-corrected chi connectivity index (χ0v) is 14.2. The second-order valence-corrected chi connectivity index (χ2v) is 6.88. The quantitative estimate of drug-likeness (QED) is 0.868. The van der Waals surface area contributed by atoms with Crippen molar-refractivity contribution in [2.45, 2.75) is 51.3 Å². The third-order valence-electron chi connectivity index (χ3n) is 3.28. The van der Waals surface area contributed by atoms with Gasteiger partial charge in [0.05, 0.1) is 11.4 Å². The van der Waals surface area contributed by atoms with Crippen molar-refractivity contribution in [2.24, 2.45) is 7.05 Å². The van der Waals surface area contributed by atoms with Crippen LogP contribution < -0.4 is 4.72 Å². The molecule has 22 heavy (non-hydrogen) atoms. The molecule has 122 valence electrons. The topological polar surface area (TPSA) is 103 Å². The lowest BCUT2D eigenvalue weighted by atomic mass is 10.2. The molecular weight excluding hydrogens is 306 g/mol. The van der Waals surface area contributed by atoms with Gasteiger partial charge < -0.3 is 4.42 Å². The molecule has 0 bridgehead atoms. The van der Waals surface area contributed by atoms with Gasteiger partial charge in [-0.1, -0.05) is 32.8 Å². The summed E-state index contributed by atoms with van der Waals surface area (Å²) in [7, 11) is -2.08. The van der Waals surface area contributed by atoms with Crippen molar-refractivity contribution in [3.8, 4) is 0 Å². The number of rotatable bonds is 6. The van der Waals surface area contributed by atoms with Crippen LogP contribution in [0, 0.1) is 0 Å². The van der Waals surface area contributed by atoms with Gasteiger partial charge in [0, 0.05) is 13.0 Å². The Kier molecular flexibility index (Phi) is 4.55. The van der Waals surface area contributed by atoms with E-state index in [0.29, 0.717) is 30.1 Å². The zero-order chi connectivity index (χ0) is 16.5. The number of sulfonamides is 1. The molecule has 0 aliphatic rings. The van der Waals surface area contributed by atoms with Crippen molar-refractivity contribution in [1.82, 2.24) is 20.0 Å². The van der Waals surface area contributed by atoms with Crippen LogP contribution in [0.15, 0.2) is 9.31 Å². The predicted octanol–water partition coefficient (Wildman–Crippen LogP) is 1.85. The first-order valence-corrected chi connectivity index (χ1v) is 8.69. The average molecular weight is 327 g/mol. The largest absolute Gasteiger partial charge is 0.407 e. The smallest absolute Gasteiger partial charge is 0.329 e. The van der Waals surface area contributed by atoms with Gasteiger partial charge in [-0.3, -0.25) is 4.68 Å². The van der Waals surface area contributed by atoms with Gasteiger partial charge in [-0.05, 0) is 12.8 Å². The van der Waals surface area contributed by atoms with Crippen molar-refractivity contribution in [3.63, 3.8) is 0 Å². The fourth-order valence-corrected chi connectivity index (χ4v) is 3.70. The van der Waals surface area contributed by atoms with Crippen LogP contribution in [0.2, 0.25) is 0 Å². The van der Waals surface area contributed by atoms with E-state index in [1.807, 2.05) is 27.7 Å². The molecule has 2 heterocycles. The number of aromatic nitrogens is 4. The first-order chi connectivity index (χ1) is 10.3. The van der Waals surface area contributed by atoms with Crippen molar-refractivity contribution in [2.75, 3.05) is 4.72 Å². The molecule has 0 fully saturated rings. The second-order valence-electron chi connectivity index (χ2n) is 5.26. The molecule has 0 aliphatic carbocycles. The standard InChI is InChI=1S/C13H21N5O3S/c1-6-9-11(10(7-2)18(5)16-9)22(19,20)17-13-15-14-12(21-13)8(3)4/h8H,6-7H2,1-5H3,(H,15,17). The molecule has 0 spiro atoms. The van der Waals surface area contributed by atoms with Gasteiger partial charge >= 0.3 is 6.01 Å². The van der Waals surface area contributed by atoms with Gasteiger partial charge in [0.15, 0.2) is 0 Å². The molecule has 2 aromatic rings. The highest BCUT2D eigenvalue weighted by Gasteiger charge is 2.28. The van der Waals surface area contributed by atoms with E-state index in [1.54, 1.807) is 11.7 Å². The number of nitrogens with zero attached hydrogens (tertiary/aromatic N) is 4. The number of hydrogen-bond donors (Lipinski definition) is 1. The molecule has 0 aromatic carbocycles. The first kappa shape index (κ1) is 16.5. The number of aryl methyl sites for hydroxylation is 2. The lowest BCUT2D eigenvalue weighted by molar-refractivity contribution is 0.483. The van der Waals surface area contributed by atoms with Gasteiger partial charge in [-0.2, -0.15) is 5.10 Å². The van der Waals surface area contributed by atoms with Crippen molar-refractivity contribution < 1.29 is 12.8 Å². The molecule has 0 radical (unpaired) electrons. The lowest BCUT2D eigenvalue weighted by Crippen LogP contribution is -2.16. The summed E-state index contributed by atoms with van der Waals surface area (Å²) in [5.74, 6) is 0.414. The van der Waals surface area contributed by atoms with Crippen molar-refractivity contribution >= 4 is 16.0 Å². The minimum Gasteiger partial charge on any atom is -0.407 e. The molecule has 0 saturated heterocycles. The van der Waals surface area contributed by atoms with Crippen LogP contribution in [-0.4, -0.2) is 28.4 Å². The normalized spacial score (nSPS) is 12.1. The predicted molar refractivity (Wildman–Crippen MR) is 81.2 cm³/mol. The molecule has 2 rings (SSSR count). The average Bonchev–Trinajstić information content (AvgIpc) is 3.02. The Bertz CT molecular complexity index is 761. The molecular formula is C13H21N5O3S. The zero-order valence-electron chi connectivity index (χ0n) is 13.4. The van der Waals surface area contributed by atoms with E-state index in [-0.39, 0.29) is 16.8 Å². The van der Waals surface area contributed by atoms with E-state index in [0.717, 1.165) is 0 Å². The van der Waals surface area contributed by atoms with Crippen LogP contribution in [0.4, 0.5) is 6.01 Å². The van der Waals surface area contributed by atoms with Gasteiger partial charge in [-0.15, -0.1) is 5.10 Å². The highest BCUT2D eigenvalue weighted by atomic mass is 32.2. The lowest BCUT2D eigenvalue weighted by Gasteiger charge is -2.06. The first-order valence-electron chi connectivity index (χ1n) is 7.21. The molecule has 0 saturated carbocycles. The molecule has 0 amide bonds. The molecule has 9 heteroatoms. The second kappa shape index (κ2) is 6.07. The molecule has 1 N–H and O–H groups in total. The summed E-state index contributed by atoms with van der Waals surface area (Å²) in [6.45, 7) is 7.53. The van der Waals surface area contributed by atoms with Crippen LogP contribution >= 0.6 is 0 Å². The SMILES string of the molecule is CCc1nn(C)c(CC)c1S(=O)(=O)Nc1nnc(C(C)C)o1. The van der Waals surface area contributed by atoms with E-state index in [4.69, 9.17) is 4.42 Å². The minimum absolute atomic E-state index is 0.0292. The summed E-state index contributed by atoms with van der Waals surface area (Å²) in [5.41, 5.74) is 1.17. The van der Waals surface area contributed by atoms with Crippen LogP contribution in [0.3, 0.4) is 0 Å². The van der Waals surface area contributed by atoms with Crippen LogP contribution in [0.25, 0.3) is 0 Å². The summed E-state index contributed by atoms with van der Waals surface area (Å²) in [4.78, 5) is 0.198. The molecule has 0 atom stereocenters. The van der Waals surface area contributed by atoms with Crippen LogP contribution in [-0.2, 0) is 29.9 Å². The maximum Gasteiger partial charge on any atom is 0.329 e.